The van der Waals surface area contributed by atoms with Crippen LogP contribution in [0.25, 0.3) is 0 Å². The highest BCUT2D eigenvalue weighted by Gasteiger charge is 2.09. The van der Waals surface area contributed by atoms with Crippen LogP contribution in [0.4, 0.5) is 0 Å². The van der Waals surface area contributed by atoms with Crippen LogP contribution in [0.3, 0.4) is 0 Å². The van der Waals surface area contributed by atoms with Gasteiger partial charge in [-0.15, -0.1) is 0 Å². The standard InChI is InChI=1S/C11H15BrN2O2/c1-13-6-8-4-3-5-9(12)11(8)16-7-10(15)14-2/h3-5,13H,6-7H2,1-2H3,(H,14,15). The normalized spacial score (nSPS) is 9.94. The lowest BCUT2D eigenvalue weighted by Gasteiger charge is -2.12. The predicted octanol–water partition coefficient (Wildman–Crippen LogP) is 1.29. The number of rotatable bonds is 5. The lowest BCUT2D eigenvalue weighted by atomic mass is 10.2. The molecule has 0 unspecified atom stereocenters. The largest absolute Gasteiger partial charge is 0.482 e. The molecule has 2 N–H and O–H groups in total. The summed E-state index contributed by atoms with van der Waals surface area (Å²) in [4.78, 5) is 11.1. The van der Waals surface area contributed by atoms with Crippen molar-refractivity contribution in [3.05, 3.63) is 28.2 Å². The van der Waals surface area contributed by atoms with E-state index in [2.05, 4.69) is 26.6 Å². The van der Waals surface area contributed by atoms with Gasteiger partial charge in [-0.3, -0.25) is 4.79 Å². The van der Waals surface area contributed by atoms with E-state index in [9.17, 15) is 4.79 Å². The Morgan fingerprint density at radius 1 is 1.44 bits per heavy atom. The summed E-state index contributed by atoms with van der Waals surface area (Å²) in [5, 5.41) is 5.56. The minimum absolute atomic E-state index is 0.0236. The molecule has 5 heteroatoms. The number of ether oxygens (including phenoxy) is 1. The summed E-state index contributed by atoms with van der Waals surface area (Å²) in [6.07, 6.45) is 0. The van der Waals surface area contributed by atoms with E-state index in [0.29, 0.717) is 12.3 Å². The van der Waals surface area contributed by atoms with E-state index < -0.39 is 0 Å². The number of likely N-dealkylation sites (N-methyl/N-ethyl adjacent to an activating group) is 1. The van der Waals surface area contributed by atoms with Gasteiger partial charge in [0.05, 0.1) is 4.47 Å². The molecule has 0 saturated carbocycles. The number of nitrogens with one attached hydrogen (secondary N) is 2. The summed E-state index contributed by atoms with van der Waals surface area (Å²) in [6.45, 7) is 0.721. The Kier molecular flexibility index (Phi) is 5.28. The molecule has 0 aliphatic rings. The molecule has 0 aliphatic carbocycles. The molecule has 16 heavy (non-hydrogen) atoms. The Bertz CT molecular complexity index is 369. The predicted molar refractivity (Wildman–Crippen MR) is 66.5 cm³/mol. The van der Waals surface area contributed by atoms with Crippen molar-refractivity contribution in [2.24, 2.45) is 0 Å². The first kappa shape index (κ1) is 13.0. The van der Waals surface area contributed by atoms with Gasteiger partial charge in [-0.05, 0) is 29.0 Å². The van der Waals surface area contributed by atoms with Crippen molar-refractivity contribution in [3.8, 4) is 5.75 Å². The third kappa shape index (κ3) is 3.50. The number of hydrogen-bond acceptors (Lipinski definition) is 3. The summed E-state index contributed by atoms with van der Waals surface area (Å²) in [5.41, 5.74) is 1.01. The monoisotopic (exact) mass is 286 g/mol. The number of carbonyl (C=O) groups is 1. The van der Waals surface area contributed by atoms with Crippen LogP contribution in [0.5, 0.6) is 5.75 Å². The van der Waals surface area contributed by atoms with Crippen LogP contribution >= 0.6 is 15.9 Å². The fourth-order valence-corrected chi connectivity index (χ4v) is 1.78. The molecule has 88 valence electrons. The molecule has 0 radical (unpaired) electrons. The van der Waals surface area contributed by atoms with Crippen LogP contribution in [-0.4, -0.2) is 26.6 Å². The van der Waals surface area contributed by atoms with Crippen molar-refractivity contribution in [2.75, 3.05) is 20.7 Å². The zero-order chi connectivity index (χ0) is 12.0. The summed E-state index contributed by atoms with van der Waals surface area (Å²) in [7, 11) is 3.45. The molecule has 1 aromatic carbocycles. The lowest BCUT2D eigenvalue weighted by molar-refractivity contribution is -0.122. The molecule has 0 saturated heterocycles. The van der Waals surface area contributed by atoms with Gasteiger partial charge in [-0.2, -0.15) is 0 Å². The molecular formula is C11H15BrN2O2. The molecule has 0 aliphatic heterocycles. The molecule has 0 spiro atoms. The first-order chi connectivity index (χ1) is 7.69. The highest BCUT2D eigenvalue weighted by molar-refractivity contribution is 9.10. The van der Waals surface area contributed by atoms with Gasteiger partial charge < -0.3 is 15.4 Å². The average Bonchev–Trinajstić information content (AvgIpc) is 2.28. The highest BCUT2D eigenvalue weighted by atomic mass is 79.9. The third-order valence-corrected chi connectivity index (χ3v) is 2.67. The average molecular weight is 287 g/mol. The molecule has 1 aromatic rings. The van der Waals surface area contributed by atoms with Gasteiger partial charge in [0.1, 0.15) is 5.75 Å². The first-order valence-corrected chi connectivity index (χ1v) is 5.73. The molecule has 4 nitrogen and oxygen atoms in total. The molecule has 1 amide bonds. The highest BCUT2D eigenvalue weighted by Crippen LogP contribution is 2.28. The molecule has 1 rings (SSSR count). The van der Waals surface area contributed by atoms with E-state index in [1.54, 1.807) is 7.05 Å². The Morgan fingerprint density at radius 2 is 2.19 bits per heavy atom. The number of hydrogen-bond donors (Lipinski definition) is 2. The van der Waals surface area contributed by atoms with E-state index in [0.717, 1.165) is 10.0 Å². The lowest BCUT2D eigenvalue weighted by Crippen LogP contribution is -2.25. The van der Waals surface area contributed by atoms with Crippen LogP contribution in [0.1, 0.15) is 5.56 Å². The van der Waals surface area contributed by atoms with E-state index in [4.69, 9.17) is 4.74 Å². The number of para-hydroxylation sites is 1. The quantitative estimate of drug-likeness (QED) is 0.858. The SMILES string of the molecule is CNCc1cccc(Br)c1OCC(=O)NC. The van der Waals surface area contributed by atoms with Crippen LogP contribution in [0.15, 0.2) is 22.7 Å². The molecule has 0 bridgehead atoms. The molecular weight excluding hydrogens is 272 g/mol. The van der Waals surface area contributed by atoms with Crippen molar-refractivity contribution in [3.63, 3.8) is 0 Å². The second-order valence-electron chi connectivity index (χ2n) is 3.22. The van der Waals surface area contributed by atoms with E-state index in [1.807, 2.05) is 25.2 Å². The van der Waals surface area contributed by atoms with Gasteiger partial charge in [-0.1, -0.05) is 12.1 Å². The smallest absolute Gasteiger partial charge is 0.257 e. The number of carbonyl (C=O) groups excluding carboxylic acids is 1. The Morgan fingerprint density at radius 3 is 2.81 bits per heavy atom. The van der Waals surface area contributed by atoms with Crippen molar-refractivity contribution in [1.82, 2.24) is 10.6 Å². The topological polar surface area (TPSA) is 50.4 Å². The molecule has 0 atom stereocenters. The zero-order valence-corrected chi connectivity index (χ0v) is 10.9. The first-order valence-electron chi connectivity index (χ1n) is 4.94. The van der Waals surface area contributed by atoms with E-state index >= 15 is 0 Å². The fraction of sp³-hybridized carbons (Fsp3) is 0.364. The minimum Gasteiger partial charge on any atom is -0.482 e. The van der Waals surface area contributed by atoms with Gasteiger partial charge in [0, 0.05) is 19.2 Å². The van der Waals surface area contributed by atoms with Gasteiger partial charge in [0.2, 0.25) is 0 Å². The maximum atomic E-state index is 11.1. The van der Waals surface area contributed by atoms with Crippen LogP contribution in [0, 0.1) is 0 Å². The number of amides is 1. The van der Waals surface area contributed by atoms with Crippen LogP contribution < -0.4 is 15.4 Å². The second-order valence-corrected chi connectivity index (χ2v) is 4.07. The minimum atomic E-state index is -0.147. The van der Waals surface area contributed by atoms with Gasteiger partial charge in [0.25, 0.3) is 5.91 Å². The van der Waals surface area contributed by atoms with E-state index in [1.165, 1.54) is 0 Å². The summed E-state index contributed by atoms with van der Waals surface area (Å²) in [5.74, 6) is 0.562. The second kappa shape index (κ2) is 6.50. The Labute approximate surface area is 103 Å². The van der Waals surface area contributed by atoms with Crippen molar-refractivity contribution in [1.29, 1.82) is 0 Å². The maximum Gasteiger partial charge on any atom is 0.257 e. The van der Waals surface area contributed by atoms with Crippen molar-refractivity contribution >= 4 is 21.8 Å². The number of halogens is 1. The summed E-state index contributed by atoms with van der Waals surface area (Å²) < 4.78 is 6.33. The van der Waals surface area contributed by atoms with Crippen molar-refractivity contribution in [2.45, 2.75) is 6.54 Å². The van der Waals surface area contributed by atoms with Gasteiger partial charge >= 0.3 is 0 Å². The zero-order valence-electron chi connectivity index (χ0n) is 9.34. The van der Waals surface area contributed by atoms with Crippen LogP contribution in [-0.2, 0) is 11.3 Å². The number of benzene rings is 1. The molecule has 0 fully saturated rings. The molecule has 0 aromatic heterocycles. The Balaban J connectivity index is 2.79. The fourth-order valence-electron chi connectivity index (χ4n) is 1.25. The maximum absolute atomic E-state index is 11.1. The van der Waals surface area contributed by atoms with Crippen LogP contribution in [0.2, 0.25) is 0 Å². The summed E-state index contributed by atoms with van der Waals surface area (Å²) >= 11 is 3.40. The van der Waals surface area contributed by atoms with E-state index in [-0.39, 0.29) is 12.5 Å². The van der Waals surface area contributed by atoms with Gasteiger partial charge in [-0.25, -0.2) is 0 Å². The Hall–Kier alpha value is -1.07. The van der Waals surface area contributed by atoms with Gasteiger partial charge in [0.15, 0.2) is 6.61 Å². The summed E-state index contributed by atoms with van der Waals surface area (Å²) in [6, 6.07) is 5.78. The molecule has 0 heterocycles. The third-order valence-electron chi connectivity index (χ3n) is 2.04. The van der Waals surface area contributed by atoms with Crippen molar-refractivity contribution < 1.29 is 9.53 Å².